The summed E-state index contributed by atoms with van der Waals surface area (Å²) >= 11 is 0. The lowest BCUT2D eigenvalue weighted by Gasteiger charge is -2.20. The highest BCUT2D eigenvalue weighted by atomic mass is 16.5. The third-order valence-electron chi connectivity index (χ3n) is 3.45. The Morgan fingerprint density at radius 1 is 1.24 bits per heavy atom. The Hall–Kier alpha value is -3.02. The van der Waals surface area contributed by atoms with Gasteiger partial charge in [-0.15, -0.1) is 0 Å². The van der Waals surface area contributed by atoms with E-state index in [2.05, 4.69) is 5.32 Å². The van der Waals surface area contributed by atoms with Gasteiger partial charge in [-0.25, -0.2) is 0 Å². The second kappa shape index (κ2) is 9.32. The van der Waals surface area contributed by atoms with Crippen LogP contribution in [0.15, 0.2) is 53.2 Å². The first-order chi connectivity index (χ1) is 12.1. The summed E-state index contributed by atoms with van der Waals surface area (Å²) in [6.07, 6.45) is 5.28. The van der Waals surface area contributed by atoms with Gasteiger partial charge in [0.1, 0.15) is 18.1 Å². The van der Waals surface area contributed by atoms with Crippen molar-refractivity contribution in [1.82, 2.24) is 4.90 Å². The van der Waals surface area contributed by atoms with Crippen LogP contribution in [-0.4, -0.2) is 36.9 Å². The molecule has 0 saturated carbocycles. The number of hydrogen-bond donors (Lipinski definition) is 1. The minimum absolute atomic E-state index is 0.0345. The molecule has 0 atom stereocenters. The molecule has 0 radical (unpaired) electrons. The molecule has 6 nitrogen and oxygen atoms in total. The topological polar surface area (TPSA) is 71.8 Å². The smallest absolute Gasteiger partial charge is 0.247 e. The number of carbonyl (C=O) groups excluding carboxylic acids is 2. The van der Waals surface area contributed by atoms with E-state index < -0.39 is 0 Å². The molecule has 0 aliphatic carbocycles. The lowest BCUT2D eigenvalue weighted by molar-refractivity contribution is -0.130. The summed E-state index contributed by atoms with van der Waals surface area (Å²) in [5, 5.41) is 2.77. The Balaban J connectivity index is 1.99. The molecule has 1 N–H and O–H groups in total. The average molecular weight is 342 g/mol. The van der Waals surface area contributed by atoms with Crippen LogP contribution in [-0.2, 0) is 9.59 Å². The molecule has 0 aliphatic heterocycles. The van der Waals surface area contributed by atoms with E-state index in [1.54, 1.807) is 36.4 Å². The molecule has 0 bridgehead atoms. The van der Waals surface area contributed by atoms with E-state index >= 15 is 0 Å². The van der Waals surface area contributed by atoms with Gasteiger partial charge in [0.25, 0.3) is 0 Å². The van der Waals surface area contributed by atoms with E-state index in [-0.39, 0.29) is 18.4 Å². The van der Waals surface area contributed by atoms with E-state index in [9.17, 15) is 9.59 Å². The fraction of sp³-hybridized carbons (Fsp3) is 0.263. The minimum atomic E-state index is -0.280. The highest BCUT2D eigenvalue weighted by molar-refractivity contribution is 5.98. The van der Waals surface area contributed by atoms with Gasteiger partial charge >= 0.3 is 0 Å². The summed E-state index contributed by atoms with van der Waals surface area (Å²) in [5.41, 5.74) is 0.574. The van der Waals surface area contributed by atoms with E-state index in [1.165, 1.54) is 24.3 Å². The molecule has 0 spiro atoms. The van der Waals surface area contributed by atoms with Gasteiger partial charge < -0.3 is 19.4 Å². The largest absolute Gasteiger partial charge is 0.495 e. The van der Waals surface area contributed by atoms with Crippen LogP contribution in [0.25, 0.3) is 6.08 Å². The summed E-state index contributed by atoms with van der Waals surface area (Å²) in [6.45, 7) is 2.41. The molecule has 2 rings (SSSR count). The van der Waals surface area contributed by atoms with Crippen molar-refractivity contribution < 1.29 is 18.7 Å². The van der Waals surface area contributed by atoms with Crippen LogP contribution in [0.4, 0.5) is 5.69 Å². The van der Waals surface area contributed by atoms with Crippen molar-refractivity contribution >= 4 is 23.6 Å². The molecule has 0 saturated heterocycles. The molecule has 1 aromatic carbocycles. The standard InChI is InChI=1S/C19H22N2O4/c1-3-12-21(19(23)11-10-15-7-6-13-25-15)14-18(22)20-16-8-4-5-9-17(16)24-2/h4-11,13H,3,12,14H2,1-2H3,(H,20,22). The Labute approximate surface area is 147 Å². The number of furan rings is 1. The molecule has 0 aliphatic rings. The highest BCUT2D eigenvalue weighted by Gasteiger charge is 2.15. The van der Waals surface area contributed by atoms with E-state index in [1.807, 2.05) is 13.0 Å². The molecular weight excluding hydrogens is 320 g/mol. The van der Waals surface area contributed by atoms with Crippen LogP contribution >= 0.6 is 0 Å². The maximum atomic E-state index is 12.3. The van der Waals surface area contributed by atoms with Gasteiger partial charge in [0.2, 0.25) is 11.8 Å². The number of methoxy groups -OCH3 is 1. The zero-order valence-electron chi connectivity index (χ0n) is 14.4. The maximum Gasteiger partial charge on any atom is 0.247 e. The number of hydrogen-bond acceptors (Lipinski definition) is 4. The molecule has 0 unspecified atom stereocenters. The maximum absolute atomic E-state index is 12.3. The molecule has 2 amide bonds. The van der Waals surface area contributed by atoms with Gasteiger partial charge in [0.15, 0.2) is 0 Å². The van der Waals surface area contributed by atoms with Crippen molar-refractivity contribution in [3.8, 4) is 5.75 Å². The Morgan fingerprint density at radius 2 is 2.04 bits per heavy atom. The molecule has 1 heterocycles. The number of nitrogens with zero attached hydrogens (tertiary/aromatic N) is 1. The molecular formula is C19H22N2O4. The summed E-state index contributed by atoms with van der Waals surface area (Å²) in [7, 11) is 1.54. The summed E-state index contributed by atoms with van der Waals surface area (Å²) in [6, 6.07) is 10.6. The molecule has 0 fully saturated rings. The zero-order valence-corrected chi connectivity index (χ0v) is 14.4. The SMILES string of the molecule is CCCN(CC(=O)Nc1ccccc1OC)C(=O)C=Cc1ccco1. The highest BCUT2D eigenvalue weighted by Crippen LogP contribution is 2.22. The second-order valence-corrected chi connectivity index (χ2v) is 5.36. The molecule has 25 heavy (non-hydrogen) atoms. The van der Waals surface area contributed by atoms with Gasteiger partial charge in [-0.05, 0) is 36.8 Å². The lowest BCUT2D eigenvalue weighted by atomic mass is 10.3. The Morgan fingerprint density at radius 3 is 2.72 bits per heavy atom. The van der Waals surface area contributed by atoms with Crippen molar-refractivity contribution in [1.29, 1.82) is 0 Å². The van der Waals surface area contributed by atoms with Crippen LogP contribution in [0.2, 0.25) is 0 Å². The predicted molar refractivity (Wildman–Crippen MR) is 96.2 cm³/mol. The first-order valence-corrected chi connectivity index (χ1v) is 8.07. The number of carbonyl (C=O) groups is 2. The van der Waals surface area contributed by atoms with Gasteiger partial charge in [-0.3, -0.25) is 9.59 Å². The van der Waals surface area contributed by atoms with E-state index in [4.69, 9.17) is 9.15 Å². The van der Waals surface area contributed by atoms with Crippen molar-refractivity contribution in [2.45, 2.75) is 13.3 Å². The predicted octanol–water partition coefficient (Wildman–Crippen LogP) is 3.18. The third-order valence-corrected chi connectivity index (χ3v) is 3.45. The van der Waals surface area contributed by atoms with Crippen LogP contribution in [0, 0.1) is 0 Å². The molecule has 132 valence electrons. The third kappa shape index (κ3) is 5.53. The molecule has 6 heteroatoms. The fourth-order valence-corrected chi connectivity index (χ4v) is 2.29. The number of para-hydroxylation sites is 2. The second-order valence-electron chi connectivity index (χ2n) is 5.36. The number of anilines is 1. The van der Waals surface area contributed by atoms with Crippen molar-refractivity contribution in [3.63, 3.8) is 0 Å². The number of rotatable bonds is 8. The van der Waals surface area contributed by atoms with Crippen molar-refractivity contribution in [2.24, 2.45) is 0 Å². The van der Waals surface area contributed by atoms with Crippen molar-refractivity contribution in [3.05, 3.63) is 54.5 Å². The number of nitrogens with one attached hydrogen (secondary N) is 1. The molecule has 1 aromatic heterocycles. The monoisotopic (exact) mass is 342 g/mol. The summed E-state index contributed by atoms with van der Waals surface area (Å²) in [5.74, 6) is 0.635. The van der Waals surface area contributed by atoms with Gasteiger partial charge in [-0.2, -0.15) is 0 Å². The van der Waals surface area contributed by atoms with Crippen LogP contribution in [0.3, 0.4) is 0 Å². The van der Waals surface area contributed by atoms with Gasteiger partial charge in [0.05, 0.1) is 19.1 Å². The van der Waals surface area contributed by atoms with Crippen LogP contribution in [0.1, 0.15) is 19.1 Å². The van der Waals surface area contributed by atoms with E-state index in [0.717, 1.165) is 6.42 Å². The first kappa shape index (κ1) is 18.3. The zero-order chi connectivity index (χ0) is 18.1. The van der Waals surface area contributed by atoms with Gasteiger partial charge in [0, 0.05) is 12.6 Å². The first-order valence-electron chi connectivity index (χ1n) is 8.07. The van der Waals surface area contributed by atoms with Gasteiger partial charge in [-0.1, -0.05) is 19.1 Å². The number of amides is 2. The van der Waals surface area contributed by atoms with Crippen LogP contribution in [0.5, 0.6) is 5.75 Å². The molecule has 2 aromatic rings. The summed E-state index contributed by atoms with van der Waals surface area (Å²) < 4.78 is 10.4. The van der Waals surface area contributed by atoms with Crippen LogP contribution < -0.4 is 10.1 Å². The normalized spacial score (nSPS) is 10.6. The number of ether oxygens (including phenoxy) is 1. The summed E-state index contributed by atoms with van der Waals surface area (Å²) in [4.78, 5) is 26.1. The Kier molecular flexibility index (Phi) is 6.83. The average Bonchev–Trinajstić information content (AvgIpc) is 3.13. The Bertz CT molecular complexity index is 723. The minimum Gasteiger partial charge on any atom is -0.495 e. The van der Waals surface area contributed by atoms with Crippen molar-refractivity contribution in [2.75, 3.05) is 25.5 Å². The fourth-order valence-electron chi connectivity index (χ4n) is 2.29. The number of benzene rings is 1. The van der Waals surface area contributed by atoms with E-state index in [0.29, 0.717) is 23.7 Å². The lowest BCUT2D eigenvalue weighted by Crippen LogP contribution is -2.37. The quantitative estimate of drug-likeness (QED) is 0.748.